The van der Waals surface area contributed by atoms with E-state index in [0.29, 0.717) is 10.7 Å². The lowest BCUT2D eigenvalue weighted by Crippen LogP contribution is -2.28. The summed E-state index contributed by atoms with van der Waals surface area (Å²) in [6.45, 7) is 0. The maximum Gasteiger partial charge on any atom is 0.235 e. The van der Waals surface area contributed by atoms with Gasteiger partial charge in [0.15, 0.2) is 5.78 Å². The molecule has 3 aromatic rings. The van der Waals surface area contributed by atoms with Crippen LogP contribution in [0.1, 0.15) is 17.5 Å². The first-order chi connectivity index (χ1) is 15.4. The first kappa shape index (κ1) is 22.8. The highest BCUT2D eigenvalue weighted by Gasteiger charge is 2.23. The summed E-state index contributed by atoms with van der Waals surface area (Å²) in [6.07, 6.45) is 6.71. The smallest absolute Gasteiger partial charge is 0.235 e. The summed E-state index contributed by atoms with van der Waals surface area (Å²) < 4.78 is 0. The number of amides is 1. The van der Waals surface area contributed by atoms with Crippen LogP contribution in [0, 0.1) is 5.92 Å². The van der Waals surface area contributed by atoms with Crippen molar-refractivity contribution < 1.29 is 19.8 Å². The number of nitrogens with one attached hydrogen (secondary N) is 1. The van der Waals surface area contributed by atoms with E-state index in [2.05, 4.69) is 5.32 Å². The van der Waals surface area contributed by atoms with Gasteiger partial charge < -0.3 is 15.5 Å². The number of carbonyl (C=O) groups excluding carboxylic acids is 2. The molecule has 1 unspecified atom stereocenters. The molecule has 0 aliphatic heterocycles. The van der Waals surface area contributed by atoms with Crippen LogP contribution >= 0.6 is 11.6 Å². The fourth-order valence-corrected chi connectivity index (χ4v) is 3.05. The normalized spacial score (nSPS) is 12.2. The quantitative estimate of drug-likeness (QED) is 0.305. The number of hydrogen-bond donors (Lipinski definition) is 3. The molecule has 0 aliphatic rings. The van der Waals surface area contributed by atoms with Crippen molar-refractivity contribution in [1.82, 2.24) is 0 Å². The Balaban J connectivity index is 1.75. The number of hydrogen-bond acceptors (Lipinski definition) is 4. The third-order valence-corrected chi connectivity index (χ3v) is 4.93. The van der Waals surface area contributed by atoms with E-state index < -0.39 is 11.8 Å². The number of ketones is 1. The van der Waals surface area contributed by atoms with Crippen LogP contribution in [0.3, 0.4) is 0 Å². The van der Waals surface area contributed by atoms with E-state index in [-0.39, 0.29) is 23.7 Å². The number of halogens is 1. The predicted molar refractivity (Wildman–Crippen MR) is 127 cm³/mol. The number of carbonyl (C=O) groups is 2. The average molecular weight is 448 g/mol. The second-order valence-corrected chi connectivity index (χ2v) is 7.54. The maximum atomic E-state index is 12.9. The van der Waals surface area contributed by atoms with Crippen molar-refractivity contribution in [3.8, 4) is 11.5 Å². The molecule has 0 heterocycles. The largest absolute Gasteiger partial charge is 0.508 e. The Hall–Kier alpha value is -3.83. The van der Waals surface area contributed by atoms with Crippen molar-refractivity contribution in [2.24, 2.45) is 5.92 Å². The van der Waals surface area contributed by atoms with Crippen LogP contribution in [0.15, 0.2) is 84.9 Å². The number of phenolic OH excluding ortho intramolecular Hbond substituents is 2. The van der Waals surface area contributed by atoms with Gasteiger partial charge in [0.05, 0.1) is 0 Å². The number of anilines is 1. The predicted octanol–water partition coefficient (Wildman–Crippen LogP) is 5.69. The Labute approximate surface area is 191 Å². The van der Waals surface area contributed by atoms with Gasteiger partial charge in [0.1, 0.15) is 17.4 Å². The molecule has 3 N–H and O–H groups in total. The summed E-state index contributed by atoms with van der Waals surface area (Å²) in [5, 5.41) is 22.1. The van der Waals surface area contributed by atoms with Gasteiger partial charge in [0.25, 0.3) is 0 Å². The van der Waals surface area contributed by atoms with Crippen molar-refractivity contribution in [2.45, 2.75) is 6.42 Å². The molecule has 0 saturated carbocycles. The molecule has 6 heteroatoms. The minimum Gasteiger partial charge on any atom is -0.508 e. The second kappa shape index (κ2) is 11.0. The van der Waals surface area contributed by atoms with Crippen molar-refractivity contribution in [3.63, 3.8) is 0 Å². The van der Waals surface area contributed by atoms with Gasteiger partial charge in [-0.1, -0.05) is 54.1 Å². The first-order valence-electron chi connectivity index (χ1n) is 9.94. The number of phenols is 2. The van der Waals surface area contributed by atoms with Crippen molar-refractivity contribution in [2.75, 3.05) is 5.32 Å². The summed E-state index contributed by atoms with van der Waals surface area (Å²) in [7, 11) is 0. The number of aromatic hydroxyl groups is 2. The fourth-order valence-electron chi connectivity index (χ4n) is 2.92. The molecule has 1 atom stereocenters. The van der Waals surface area contributed by atoms with Crippen molar-refractivity contribution >= 4 is 41.1 Å². The van der Waals surface area contributed by atoms with Crippen molar-refractivity contribution in [3.05, 3.63) is 101 Å². The minimum absolute atomic E-state index is 0.132. The number of benzene rings is 3. The molecule has 0 radical (unpaired) electrons. The Kier molecular flexibility index (Phi) is 7.84. The molecule has 3 rings (SSSR count). The lowest BCUT2D eigenvalue weighted by molar-refractivity contribution is -0.128. The zero-order chi connectivity index (χ0) is 22.9. The maximum absolute atomic E-state index is 12.9. The summed E-state index contributed by atoms with van der Waals surface area (Å²) in [6, 6.07) is 19.6. The Morgan fingerprint density at radius 3 is 1.91 bits per heavy atom. The summed E-state index contributed by atoms with van der Waals surface area (Å²) in [4.78, 5) is 25.8. The highest BCUT2D eigenvalue weighted by Crippen LogP contribution is 2.18. The first-order valence-corrected chi connectivity index (χ1v) is 10.3. The molecule has 0 spiro atoms. The van der Waals surface area contributed by atoms with Gasteiger partial charge in [0, 0.05) is 10.7 Å². The topological polar surface area (TPSA) is 86.6 Å². The van der Waals surface area contributed by atoms with E-state index in [1.807, 2.05) is 0 Å². The molecule has 0 saturated heterocycles. The molecular formula is C26H22ClNO4. The van der Waals surface area contributed by atoms with Crippen LogP contribution in [0.4, 0.5) is 5.69 Å². The zero-order valence-corrected chi connectivity index (χ0v) is 17.9. The SMILES string of the molecule is O=C(C=Cc1ccc(O)cc1)C(CC=Cc1ccc(O)cc1)C(=O)Nc1ccc(Cl)cc1. The Morgan fingerprint density at radius 2 is 1.34 bits per heavy atom. The van der Waals surface area contributed by atoms with Crippen LogP contribution in [0.25, 0.3) is 12.2 Å². The van der Waals surface area contributed by atoms with E-state index in [1.54, 1.807) is 78.9 Å². The van der Waals surface area contributed by atoms with E-state index in [1.165, 1.54) is 18.2 Å². The van der Waals surface area contributed by atoms with E-state index in [4.69, 9.17) is 11.6 Å². The monoisotopic (exact) mass is 447 g/mol. The standard InChI is InChI=1S/C26H22ClNO4/c27-20-9-11-21(12-10-20)28-26(32)24(3-1-2-18-4-13-22(29)14-5-18)25(31)17-8-19-6-15-23(30)16-7-19/h1-2,4-17,24,29-30H,3H2,(H,28,32). The van der Waals surface area contributed by atoms with E-state index in [0.717, 1.165) is 11.1 Å². The van der Waals surface area contributed by atoms with E-state index >= 15 is 0 Å². The minimum atomic E-state index is -0.938. The average Bonchev–Trinajstić information content (AvgIpc) is 2.79. The molecule has 0 aromatic heterocycles. The fraction of sp³-hybridized carbons (Fsp3) is 0.0769. The third-order valence-electron chi connectivity index (χ3n) is 4.68. The van der Waals surface area contributed by atoms with Crippen LogP contribution < -0.4 is 5.32 Å². The Bertz CT molecular complexity index is 1120. The molecule has 5 nitrogen and oxygen atoms in total. The lowest BCUT2D eigenvalue weighted by atomic mass is 9.97. The lowest BCUT2D eigenvalue weighted by Gasteiger charge is -2.13. The van der Waals surface area contributed by atoms with Gasteiger partial charge in [-0.15, -0.1) is 0 Å². The van der Waals surface area contributed by atoms with E-state index in [9.17, 15) is 19.8 Å². The van der Waals surface area contributed by atoms with Crippen LogP contribution in [0.2, 0.25) is 5.02 Å². The molecule has 162 valence electrons. The van der Waals surface area contributed by atoms with Crippen molar-refractivity contribution in [1.29, 1.82) is 0 Å². The van der Waals surface area contributed by atoms with Gasteiger partial charge in [0.2, 0.25) is 5.91 Å². The van der Waals surface area contributed by atoms with Gasteiger partial charge in [-0.2, -0.15) is 0 Å². The second-order valence-electron chi connectivity index (χ2n) is 7.11. The molecular weight excluding hydrogens is 426 g/mol. The zero-order valence-electron chi connectivity index (χ0n) is 17.1. The molecule has 3 aromatic carbocycles. The molecule has 0 fully saturated rings. The summed E-state index contributed by atoms with van der Waals surface area (Å²) in [5.41, 5.74) is 2.11. The highest BCUT2D eigenvalue weighted by atomic mass is 35.5. The van der Waals surface area contributed by atoms with Gasteiger partial charge >= 0.3 is 0 Å². The van der Waals surface area contributed by atoms with Gasteiger partial charge in [-0.05, 0) is 72.2 Å². The van der Waals surface area contributed by atoms with Gasteiger partial charge in [-0.25, -0.2) is 0 Å². The molecule has 0 aliphatic carbocycles. The molecule has 0 bridgehead atoms. The van der Waals surface area contributed by atoms with Gasteiger partial charge in [-0.3, -0.25) is 9.59 Å². The highest BCUT2D eigenvalue weighted by molar-refractivity contribution is 6.30. The molecule has 1 amide bonds. The third kappa shape index (κ3) is 6.86. The number of rotatable bonds is 8. The van der Waals surface area contributed by atoms with Crippen LogP contribution in [-0.4, -0.2) is 21.9 Å². The summed E-state index contributed by atoms with van der Waals surface area (Å²) in [5.74, 6) is -1.42. The number of allylic oxidation sites excluding steroid dienone is 2. The van der Waals surface area contributed by atoms with Crippen LogP contribution in [0.5, 0.6) is 11.5 Å². The summed E-state index contributed by atoms with van der Waals surface area (Å²) >= 11 is 5.89. The van der Waals surface area contributed by atoms with Crippen LogP contribution in [-0.2, 0) is 9.59 Å². The Morgan fingerprint density at radius 1 is 0.812 bits per heavy atom. The molecule has 32 heavy (non-hydrogen) atoms.